The summed E-state index contributed by atoms with van der Waals surface area (Å²) >= 11 is 0. The summed E-state index contributed by atoms with van der Waals surface area (Å²) in [5, 5.41) is 56.6. The van der Waals surface area contributed by atoms with E-state index in [1.807, 2.05) is 0 Å². The monoisotopic (exact) mass is 330 g/mol. The van der Waals surface area contributed by atoms with Crippen molar-refractivity contribution in [2.45, 2.75) is 43.4 Å². The maximum Gasteiger partial charge on any atom is 0.187 e. The topological polar surface area (TPSA) is 140 Å². The molecule has 0 amide bonds. The summed E-state index contributed by atoms with van der Waals surface area (Å²) in [6, 6.07) is 6.62. The molecule has 0 bridgehead atoms. The van der Waals surface area contributed by atoms with Gasteiger partial charge < -0.3 is 40.1 Å². The summed E-state index contributed by atoms with van der Waals surface area (Å²) < 4.78 is 10.6. The van der Waals surface area contributed by atoms with Crippen molar-refractivity contribution in [1.29, 1.82) is 0 Å². The molecular formula is C15H22O8. The SMILES string of the molecule is OC[C@@H](O)c1ccc(CO[C@@H]2O[C@H](CO)[C@@H](O)[C@H](O)[C@H]2O)cc1. The van der Waals surface area contributed by atoms with E-state index in [0.29, 0.717) is 5.56 Å². The van der Waals surface area contributed by atoms with Gasteiger partial charge in [0.1, 0.15) is 30.5 Å². The van der Waals surface area contributed by atoms with Gasteiger partial charge >= 0.3 is 0 Å². The Balaban J connectivity index is 1.94. The maximum absolute atomic E-state index is 9.85. The lowest BCUT2D eigenvalue weighted by Crippen LogP contribution is -2.59. The zero-order chi connectivity index (χ0) is 17.0. The average molecular weight is 330 g/mol. The lowest BCUT2D eigenvalue weighted by Gasteiger charge is -2.39. The molecule has 1 fully saturated rings. The molecule has 6 atom stereocenters. The minimum absolute atomic E-state index is 0.0538. The van der Waals surface area contributed by atoms with E-state index in [-0.39, 0.29) is 13.2 Å². The molecule has 0 aromatic heterocycles. The molecule has 1 saturated heterocycles. The predicted molar refractivity (Wildman–Crippen MR) is 77.0 cm³/mol. The van der Waals surface area contributed by atoms with Crippen LogP contribution in [-0.2, 0) is 16.1 Å². The number of hydrogen-bond acceptors (Lipinski definition) is 8. The summed E-state index contributed by atoms with van der Waals surface area (Å²) in [6.07, 6.45) is -7.49. The van der Waals surface area contributed by atoms with E-state index in [1.165, 1.54) is 0 Å². The zero-order valence-corrected chi connectivity index (χ0v) is 12.4. The van der Waals surface area contributed by atoms with Gasteiger partial charge in [0.05, 0.1) is 19.8 Å². The highest BCUT2D eigenvalue weighted by Crippen LogP contribution is 2.23. The number of aliphatic hydroxyl groups excluding tert-OH is 6. The Morgan fingerprint density at radius 3 is 2.22 bits per heavy atom. The standard InChI is InChI=1S/C15H22O8/c16-5-10(18)9-3-1-8(2-4-9)7-22-15-14(21)13(20)12(19)11(6-17)23-15/h1-4,10-21H,5-7H2/t10-,11-,12-,13+,14-,15-/m1/s1. The lowest BCUT2D eigenvalue weighted by molar-refractivity contribution is -0.304. The molecule has 0 saturated carbocycles. The normalized spacial score (nSPS) is 32.7. The highest BCUT2D eigenvalue weighted by atomic mass is 16.7. The number of benzene rings is 1. The van der Waals surface area contributed by atoms with Crippen LogP contribution in [0.15, 0.2) is 24.3 Å². The molecule has 8 heteroatoms. The van der Waals surface area contributed by atoms with Gasteiger partial charge in [-0.05, 0) is 11.1 Å². The van der Waals surface area contributed by atoms with E-state index in [9.17, 15) is 20.4 Å². The first-order valence-corrected chi connectivity index (χ1v) is 7.27. The van der Waals surface area contributed by atoms with Crippen molar-refractivity contribution in [2.24, 2.45) is 0 Å². The Morgan fingerprint density at radius 1 is 1.00 bits per heavy atom. The summed E-state index contributed by atoms with van der Waals surface area (Å²) in [7, 11) is 0. The van der Waals surface area contributed by atoms with Crippen LogP contribution >= 0.6 is 0 Å². The Bertz CT molecular complexity index is 477. The number of rotatable bonds is 6. The van der Waals surface area contributed by atoms with Crippen molar-refractivity contribution >= 4 is 0 Å². The Hall–Kier alpha value is -1.10. The Labute approximate surface area is 133 Å². The van der Waals surface area contributed by atoms with Crippen LogP contribution in [-0.4, -0.2) is 74.6 Å². The van der Waals surface area contributed by atoms with Crippen LogP contribution < -0.4 is 0 Å². The fourth-order valence-electron chi connectivity index (χ4n) is 2.32. The molecule has 1 aliphatic heterocycles. The lowest BCUT2D eigenvalue weighted by atomic mass is 9.99. The molecule has 0 unspecified atom stereocenters. The van der Waals surface area contributed by atoms with E-state index in [1.54, 1.807) is 24.3 Å². The average Bonchev–Trinajstić information content (AvgIpc) is 2.59. The molecule has 0 spiro atoms. The fraction of sp³-hybridized carbons (Fsp3) is 0.600. The molecule has 0 radical (unpaired) electrons. The third-order valence-corrected chi connectivity index (χ3v) is 3.80. The second kappa shape index (κ2) is 8.13. The highest BCUT2D eigenvalue weighted by molar-refractivity contribution is 5.23. The largest absolute Gasteiger partial charge is 0.394 e. The molecule has 23 heavy (non-hydrogen) atoms. The van der Waals surface area contributed by atoms with Crippen molar-refractivity contribution in [3.05, 3.63) is 35.4 Å². The first-order valence-electron chi connectivity index (χ1n) is 7.27. The quantitative estimate of drug-likeness (QED) is 0.353. The van der Waals surface area contributed by atoms with Gasteiger partial charge in [0.2, 0.25) is 0 Å². The van der Waals surface area contributed by atoms with E-state index >= 15 is 0 Å². The third-order valence-electron chi connectivity index (χ3n) is 3.80. The molecule has 1 aromatic carbocycles. The van der Waals surface area contributed by atoms with Crippen molar-refractivity contribution in [3.63, 3.8) is 0 Å². The zero-order valence-electron chi connectivity index (χ0n) is 12.4. The Morgan fingerprint density at radius 2 is 1.65 bits per heavy atom. The first kappa shape index (κ1) is 18.2. The van der Waals surface area contributed by atoms with Crippen LogP contribution in [0.1, 0.15) is 17.2 Å². The molecule has 130 valence electrons. The predicted octanol–water partition coefficient (Wildman–Crippen LogP) is -1.97. The van der Waals surface area contributed by atoms with Gasteiger partial charge in [-0.15, -0.1) is 0 Å². The minimum atomic E-state index is -1.48. The van der Waals surface area contributed by atoms with Gasteiger partial charge in [-0.25, -0.2) is 0 Å². The van der Waals surface area contributed by atoms with Crippen LogP contribution in [0.5, 0.6) is 0 Å². The number of aliphatic hydroxyl groups is 6. The van der Waals surface area contributed by atoms with Crippen LogP contribution in [0.25, 0.3) is 0 Å². The number of hydrogen-bond donors (Lipinski definition) is 6. The molecule has 1 aromatic rings. The van der Waals surface area contributed by atoms with E-state index < -0.39 is 43.4 Å². The molecule has 1 heterocycles. The molecule has 1 aliphatic rings. The smallest absolute Gasteiger partial charge is 0.187 e. The summed E-state index contributed by atoms with van der Waals surface area (Å²) in [4.78, 5) is 0. The van der Waals surface area contributed by atoms with Gasteiger partial charge in [-0.2, -0.15) is 0 Å². The van der Waals surface area contributed by atoms with E-state index in [0.717, 1.165) is 5.56 Å². The van der Waals surface area contributed by atoms with Crippen LogP contribution in [0, 0.1) is 0 Å². The fourth-order valence-corrected chi connectivity index (χ4v) is 2.32. The van der Waals surface area contributed by atoms with Gasteiger partial charge in [-0.1, -0.05) is 24.3 Å². The summed E-state index contributed by atoms with van der Waals surface area (Å²) in [5.74, 6) is 0. The van der Waals surface area contributed by atoms with E-state index in [4.69, 9.17) is 19.7 Å². The third kappa shape index (κ3) is 4.25. The van der Waals surface area contributed by atoms with Crippen molar-refractivity contribution in [1.82, 2.24) is 0 Å². The van der Waals surface area contributed by atoms with E-state index in [2.05, 4.69) is 0 Å². The molecule has 8 nitrogen and oxygen atoms in total. The second-order valence-corrected chi connectivity index (χ2v) is 5.45. The molecule has 2 rings (SSSR count). The number of ether oxygens (including phenoxy) is 2. The van der Waals surface area contributed by atoms with Crippen LogP contribution in [0.4, 0.5) is 0 Å². The minimum Gasteiger partial charge on any atom is -0.394 e. The maximum atomic E-state index is 9.85. The van der Waals surface area contributed by atoms with Crippen molar-refractivity contribution in [2.75, 3.05) is 13.2 Å². The first-order chi connectivity index (χ1) is 11.0. The molecular weight excluding hydrogens is 308 g/mol. The van der Waals surface area contributed by atoms with Gasteiger partial charge in [0.15, 0.2) is 6.29 Å². The summed E-state index contributed by atoms with van der Waals surface area (Å²) in [6.45, 7) is -0.836. The Kier molecular flexibility index (Phi) is 6.45. The van der Waals surface area contributed by atoms with Crippen LogP contribution in [0.3, 0.4) is 0 Å². The van der Waals surface area contributed by atoms with Gasteiger partial charge in [-0.3, -0.25) is 0 Å². The molecule has 0 aliphatic carbocycles. The molecule has 6 N–H and O–H groups in total. The van der Waals surface area contributed by atoms with Crippen molar-refractivity contribution in [3.8, 4) is 0 Å². The second-order valence-electron chi connectivity index (χ2n) is 5.45. The van der Waals surface area contributed by atoms with Gasteiger partial charge in [0, 0.05) is 0 Å². The van der Waals surface area contributed by atoms with Crippen molar-refractivity contribution < 1.29 is 40.1 Å². The highest BCUT2D eigenvalue weighted by Gasteiger charge is 2.43. The van der Waals surface area contributed by atoms with Crippen LogP contribution in [0.2, 0.25) is 0 Å². The van der Waals surface area contributed by atoms with Gasteiger partial charge in [0.25, 0.3) is 0 Å². The summed E-state index contributed by atoms with van der Waals surface area (Å²) in [5.41, 5.74) is 1.28.